The highest BCUT2D eigenvalue weighted by Gasteiger charge is 2.25. The maximum Gasteiger partial charge on any atom is 0.226 e. The monoisotopic (exact) mass is 201 g/mol. The molecule has 0 saturated heterocycles. The molecule has 0 bridgehead atoms. The minimum Gasteiger partial charge on any atom is -0.370 e. The Hall–Kier alpha value is -1.10. The molecule has 0 atom stereocenters. The zero-order chi connectivity index (χ0) is 11.2. The van der Waals surface area contributed by atoms with Crippen LogP contribution >= 0.6 is 0 Å². The number of hydrogen-bond donors (Lipinski definition) is 3. The second-order valence-electron chi connectivity index (χ2n) is 3.86. The number of rotatable bonds is 6. The molecule has 0 spiro atoms. The predicted molar refractivity (Wildman–Crippen MR) is 54.5 cm³/mol. The second-order valence-corrected chi connectivity index (χ2v) is 3.86. The molecule has 4 N–H and O–H groups in total. The van der Waals surface area contributed by atoms with Crippen LogP contribution in [0.2, 0.25) is 0 Å². The van der Waals surface area contributed by atoms with Crippen LogP contribution in [0, 0.1) is 5.41 Å². The third kappa shape index (κ3) is 4.81. The van der Waals surface area contributed by atoms with Gasteiger partial charge in [-0.25, -0.2) is 0 Å². The van der Waals surface area contributed by atoms with Crippen LogP contribution in [0.5, 0.6) is 0 Å². The van der Waals surface area contributed by atoms with Crippen molar-refractivity contribution in [3.8, 4) is 0 Å². The molecular formula is C9H19N3O2. The standard InChI is InChI=1S/C9H19N3O2/c1-9(2,8(14)11-3)6-12-5-4-7(10)13/h12H,4-6H2,1-3H3,(H2,10,13)(H,11,14). The van der Waals surface area contributed by atoms with Crippen LogP contribution in [0.15, 0.2) is 0 Å². The van der Waals surface area contributed by atoms with Gasteiger partial charge in [0.05, 0.1) is 5.41 Å². The van der Waals surface area contributed by atoms with Crippen molar-refractivity contribution < 1.29 is 9.59 Å². The molecule has 0 heterocycles. The lowest BCUT2D eigenvalue weighted by Gasteiger charge is -2.22. The SMILES string of the molecule is CNC(=O)C(C)(C)CNCCC(N)=O. The average Bonchev–Trinajstić information content (AvgIpc) is 2.10. The van der Waals surface area contributed by atoms with Crippen LogP contribution in [0.3, 0.4) is 0 Å². The summed E-state index contributed by atoms with van der Waals surface area (Å²) in [6.07, 6.45) is 0.295. The Morgan fingerprint density at radius 1 is 1.36 bits per heavy atom. The summed E-state index contributed by atoms with van der Waals surface area (Å²) < 4.78 is 0. The van der Waals surface area contributed by atoms with Crippen LogP contribution in [0.25, 0.3) is 0 Å². The van der Waals surface area contributed by atoms with Crippen molar-refractivity contribution in [3.63, 3.8) is 0 Å². The summed E-state index contributed by atoms with van der Waals surface area (Å²) in [6, 6.07) is 0. The van der Waals surface area contributed by atoms with Gasteiger partial charge >= 0.3 is 0 Å². The van der Waals surface area contributed by atoms with E-state index in [0.29, 0.717) is 19.5 Å². The van der Waals surface area contributed by atoms with Crippen LogP contribution in [-0.4, -0.2) is 32.0 Å². The van der Waals surface area contributed by atoms with Crippen LogP contribution < -0.4 is 16.4 Å². The van der Waals surface area contributed by atoms with Gasteiger partial charge in [0.1, 0.15) is 0 Å². The molecule has 14 heavy (non-hydrogen) atoms. The number of carbonyl (C=O) groups excluding carboxylic acids is 2. The maximum absolute atomic E-state index is 11.3. The number of nitrogens with two attached hydrogens (primary N) is 1. The summed E-state index contributed by atoms with van der Waals surface area (Å²) in [6.45, 7) is 4.71. The summed E-state index contributed by atoms with van der Waals surface area (Å²) >= 11 is 0. The van der Waals surface area contributed by atoms with Gasteiger partial charge in [-0.3, -0.25) is 9.59 Å². The molecule has 0 aromatic rings. The van der Waals surface area contributed by atoms with Gasteiger partial charge in [0.15, 0.2) is 0 Å². The fourth-order valence-electron chi connectivity index (χ4n) is 1.03. The van der Waals surface area contributed by atoms with E-state index < -0.39 is 5.41 Å². The molecule has 5 heteroatoms. The lowest BCUT2D eigenvalue weighted by molar-refractivity contribution is -0.128. The molecule has 0 rings (SSSR count). The fraction of sp³-hybridized carbons (Fsp3) is 0.778. The topological polar surface area (TPSA) is 84.2 Å². The smallest absolute Gasteiger partial charge is 0.226 e. The Balaban J connectivity index is 3.76. The predicted octanol–water partition coefficient (Wildman–Crippen LogP) is -0.776. The molecule has 2 amide bonds. The molecule has 0 saturated carbocycles. The summed E-state index contributed by atoms with van der Waals surface area (Å²) in [7, 11) is 1.60. The van der Waals surface area contributed by atoms with E-state index in [2.05, 4.69) is 10.6 Å². The molecule has 0 aliphatic heterocycles. The molecular weight excluding hydrogens is 182 g/mol. The van der Waals surface area contributed by atoms with E-state index in [0.717, 1.165) is 0 Å². The van der Waals surface area contributed by atoms with E-state index in [1.54, 1.807) is 7.05 Å². The summed E-state index contributed by atoms with van der Waals surface area (Å²) in [5, 5.41) is 5.59. The molecule has 0 aromatic carbocycles. The first kappa shape index (κ1) is 12.9. The Labute approximate surface area is 84.4 Å². The van der Waals surface area contributed by atoms with E-state index in [1.165, 1.54) is 0 Å². The van der Waals surface area contributed by atoms with Gasteiger partial charge in [0.2, 0.25) is 11.8 Å². The van der Waals surface area contributed by atoms with Crippen molar-refractivity contribution in [3.05, 3.63) is 0 Å². The van der Waals surface area contributed by atoms with Crippen LogP contribution in [-0.2, 0) is 9.59 Å². The molecule has 0 aliphatic carbocycles. The third-order valence-corrected chi connectivity index (χ3v) is 1.96. The Morgan fingerprint density at radius 2 is 1.93 bits per heavy atom. The van der Waals surface area contributed by atoms with Gasteiger partial charge < -0.3 is 16.4 Å². The first-order chi connectivity index (χ1) is 6.40. The Morgan fingerprint density at radius 3 is 2.36 bits per heavy atom. The van der Waals surface area contributed by atoms with Crippen LogP contribution in [0.1, 0.15) is 20.3 Å². The minimum absolute atomic E-state index is 0.0240. The van der Waals surface area contributed by atoms with Crippen molar-refractivity contribution in [2.75, 3.05) is 20.1 Å². The van der Waals surface area contributed by atoms with E-state index >= 15 is 0 Å². The largest absolute Gasteiger partial charge is 0.370 e. The molecule has 82 valence electrons. The van der Waals surface area contributed by atoms with Gasteiger partial charge in [0.25, 0.3) is 0 Å². The molecule has 0 aromatic heterocycles. The van der Waals surface area contributed by atoms with Gasteiger partial charge in [-0.15, -0.1) is 0 Å². The van der Waals surface area contributed by atoms with Crippen molar-refractivity contribution in [1.82, 2.24) is 10.6 Å². The van der Waals surface area contributed by atoms with E-state index in [1.807, 2.05) is 13.8 Å². The molecule has 5 nitrogen and oxygen atoms in total. The van der Waals surface area contributed by atoms with E-state index in [-0.39, 0.29) is 11.8 Å². The summed E-state index contributed by atoms with van der Waals surface area (Å²) in [4.78, 5) is 21.7. The first-order valence-corrected chi connectivity index (χ1v) is 4.61. The summed E-state index contributed by atoms with van der Waals surface area (Å²) in [5.74, 6) is -0.362. The van der Waals surface area contributed by atoms with Gasteiger partial charge in [0, 0.05) is 26.6 Å². The molecule has 0 fully saturated rings. The minimum atomic E-state index is -0.466. The van der Waals surface area contributed by atoms with Crippen molar-refractivity contribution in [2.24, 2.45) is 11.1 Å². The lowest BCUT2D eigenvalue weighted by Crippen LogP contribution is -2.42. The number of carbonyl (C=O) groups is 2. The third-order valence-electron chi connectivity index (χ3n) is 1.96. The molecule has 0 radical (unpaired) electrons. The second kappa shape index (κ2) is 5.59. The number of hydrogen-bond acceptors (Lipinski definition) is 3. The fourth-order valence-corrected chi connectivity index (χ4v) is 1.03. The van der Waals surface area contributed by atoms with Gasteiger partial charge in [-0.1, -0.05) is 0 Å². The van der Waals surface area contributed by atoms with E-state index in [9.17, 15) is 9.59 Å². The Bertz CT molecular complexity index is 214. The number of amides is 2. The average molecular weight is 201 g/mol. The number of nitrogens with one attached hydrogen (secondary N) is 2. The van der Waals surface area contributed by atoms with Crippen molar-refractivity contribution in [2.45, 2.75) is 20.3 Å². The quantitative estimate of drug-likeness (QED) is 0.493. The Kier molecular flexibility index (Phi) is 5.15. The van der Waals surface area contributed by atoms with Crippen LogP contribution in [0.4, 0.5) is 0 Å². The van der Waals surface area contributed by atoms with Crippen molar-refractivity contribution in [1.29, 1.82) is 0 Å². The normalized spacial score (nSPS) is 11.1. The first-order valence-electron chi connectivity index (χ1n) is 4.61. The molecule has 0 aliphatic rings. The number of primary amides is 1. The van der Waals surface area contributed by atoms with Gasteiger partial charge in [-0.05, 0) is 13.8 Å². The molecule has 0 unspecified atom stereocenters. The van der Waals surface area contributed by atoms with Gasteiger partial charge in [-0.2, -0.15) is 0 Å². The lowest BCUT2D eigenvalue weighted by atomic mass is 9.92. The highest BCUT2D eigenvalue weighted by atomic mass is 16.2. The zero-order valence-electron chi connectivity index (χ0n) is 9.02. The van der Waals surface area contributed by atoms with Crippen molar-refractivity contribution >= 4 is 11.8 Å². The highest BCUT2D eigenvalue weighted by molar-refractivity contribution is 5.81. The highest BCUT2D eigenvalue weighted by Crippen LogP contribution is 2.12. The summed E-state index contributed by atoms with van der Waals surface area (Å²) in [5.41, 5.74) is 4.50. The zero-order valence-corrected chi connectivity index (χ0v) is 9.02. The maximum atomic E-state index is 11.3. The van der Waals surface area contributed by atoms with E-state index in [4.69, 9.17) is 5.73 Å².